The second kappa shape index (κ2) is 5.59. The van der Waals surface area contributed by atoms with E-state index in [2.05, 4.69) is 21.6 Å². The summed E-state index contributed by atoms with van der Waals surface area (Å²) >= 11 is 11.3. The summed E-state index contributed by atoms with van der Waals surface area (Å²) in [5, 5.41) is 0.445. The summed E-state index contributed by atoms with van der Waals surface area (Å²) in [4.78, 5) is 14.7. The van der Waals surface area contributed by atoms with E-state index in [0.29, 0.717) is 12.2 Å². The van der Waals surface area contributed by atoms with Gasteiger partial charge in [0.05, 0.1) is 12.2 Å². The molecule has 0 radical (unpaired) electrons. The lowest BCUT2D eigenvalue weighted by Crippen LogP contribution is -1.99. The molecule has 0 fully saturated rings. The molecule has 0 aromatic carbocycles. The maximum absolute atomic E-state index is 10.9. The third-order valence-electron chi connectivity index (χ3n) is 1.39. The lowest BCUT2D eigenvalue weighted by Gasteiger charge is -1.95. The Kier molecular flexibility index (Phi) is 4.41. The molecule has 0 spiro atoms. The van der Waals surface area contributed by atoms with Crippen molar-refractivity contribution in [2.24, 2.45) is 0 Å². The van der Waals surface area contributed by atoms with Gasteiger partial charge in [-0.25, -0.2) is 9.78 Å². The summed E-state index contributed by atoms with van der Waals surface area (Å²) < 4.78 is 4.63. The van der Waals surface area contributed by atoms with E-state index in [1.54, 1.807) is 19.1 Å². The summed E-state index contributed by atoms with van der Waals surface area (Å²) in [5.74, 6) is 4.23. The number of hydrogen-bond acceptors (Lipinski definition) is 3. The molecule has 1 aromatic heterocycles. The molecule has 0 aliphatic heterocycles. The van der Waals surface area contributed by atoms with Gasteiger partial charge in [-0.05, 0) is 19.1 Å². The normalized spacial score (nSPS) is 9.00. The van der Waals surface area contributed by atoms with E-state index in [-0.39, 0.29) is 10.3 Å². The monoisotopic (exact) mass is 243 g/mol. The molecule has 0 atom stereocenters. The van der Waals surface area contributed by atoms with Gasteiger partial charge in [0, 0.05) is 5.92 Å². The fourth-order valence-electron chi connectivity index (χ4n) is 0.791. The highest BCUT2D eigenvalue weighted by Gasteiger charge is 2.00. The van der Waals surface area contributed by atoms with E-state index < -0.39 is 5.97 Å². The van der Waals surface area contributed by atoms with Gasteiger partial charge >= 0.3 is 5.97 Å². The summed E-state index contributed by atoms with van der Waals surface area (Å²) in [6.45, 7) is 2.00. The number of ether oxygens (including phenoxy) is 1. The van der Waals surface area contributed by atoms with Gasteiger partial charge in [0.15, 0.2) is 0 Å². The second-order valence-electron chi connectivity index (χ2n) is 2.44. The van der Waals surface area contributed by atoms with Crippen molar-refractivity contribution in [3.63, 3.8) is 0 Å². The van der Waals surface area contributed by atoms with Crippen molar-refractivity contribution in [1.82, 2.24) is 4.98 Å². The van der Waals surface area contributed by atoms with Crippen molar-refractivity contribution in [3.8, 4) is 11.8 Å². The lowest BCUT2D eigenvalue weighted by molar-refractivity contribution is -0.136. The minimum atomic E-state index is -0.594. The molecule has 0 saturated carbocycles. The minimum absolute atomic E-state index is 0.166. The highest BCUT2D eigenvalue weighted by molar-refractivity contribution is 6.33. The third-order valence-corrected chi connectivity index (χ3v) is 1.89. The molecule has 0 unspecified atom stereocenters. The average Bonchev–Trinajstić information content (AvgIpc) is 2.17. The maximum Gasteiger partial charge on any atom is 0.384 e. The molecule has 1 aromatic rings. The zero-order chi connectivity index (χ0) is 11.3. The smallest absolute Gasteiger partial charge is 0.384 e. The van der Waals surface area contributed by atoms with Gasteiger partial charge in [-0.3, -0.25) is 0 Å². The first kappa shape index (κ1) is 11.8. The van der Waals surface area contributed by atoms with Crippen molar-refractivity contribution in [3.05, 3.63) is 28.0 Å². The van der Waals surface area contributed by atoms with E-state index >= 15 is 0 Å². The van der Waals surface area contributed by atoms with Crippen molar-refractivity contribution < 1.29 is 9.53 Å². The average molecular weight is 244 g/mol. The molecule has 1 heterocycles. The number of aromatic nitrogens is 1. The second-order valence-corrected chi connectivity index (χ2v) is 3.19. The number of pyridine rings is 1. The van der Waals surface area contributed by atoms with Crippen LogP contribution in [-0.2, 0) is 9.53 Å². The van der Waals surface area contributed by atoms with Crippen LogP contribution >= 0.6 is 23.2 Å². The van der Waals surface area contributed by atoms with Crippen LogP contribution in [0.15, 0.2) is 12.1 Å². The van der Waals surface area contributed by atoms with Crippen molar-refractivity contribution in [2.75, 3.05) is 6.61 Å². The van der Waals surface area contributed by atoms with Crippen LogP contribution in [0.2, 0.25) is 10.3 Å². The van der Waals surface area contributed by atoms with E-state index in [1.165, 1.54) is 0 Å². The largest absolute Gasteiger partial charge is 0.456 e. The van der Waals surface area contributed by atoms with Crippen LogP contribution in [-0.4, -0.2) is 17.6 Å². The van der Waals surface area contributed by atoms with Gasteiger partial charge in [0.2, 0.25) is 0 Å². The summed E-state index contributed by atoms with van der Waals surface area (Å²) in [6.07, 6.45) is 0. The summed E-state index contributed by atoms with van der Waals surface area (Å²) in [6, 6.07) is 3.13. The number of carbonyl (C=O) groups is 1. The van der Waals surface area contributed by atoms with Gasteiger partial charge in [0.1, 0.15) is 10.3 Å². The van der Waals surface area contributed by atoms with Gasteiger partial charge in [-0.2, -0.15) is 0 Å². The van der Waals surface area contributed by atoms with Crippen molar-refractivity contribution in [1.29, 1.82) is 0 Å². The molecule has 5 heteroatoms. The third kappa shape index (κ3) is 3.78. The van der Waals surface area contributed by atoms with Gasteiger partial charge in [-0.1, -0.05) is 29.1 Å². The van der Waals surface area contributed by atoms with Crippen molar-refractivity contribution >= 4 is 29.2 Å². The lowest BCUT2D eigenvalue weighted by atomic mass is 10.3. The summed E-state index contributed by atoms with van der Waals surface area (Å²) in [5.41, 5.74) is 0.439. The van der Waals surface area contributed by atoms with Crippen LogP contribution in [0, 0.1) is 11.8 Å². The molecule has 3 nitrogen and oxygen atoms in total. The molecular weight excluding hydrogens is 237 g/mol. The molecule has 0 saturated heterocycles. The zero-order valence-electron chi connectivity index (χ0n) is 7.88. The molecule has 0 amide bonds. The predicted octanol–water partition coefficient (Wildman–Crippen LogP) is 2.30. The Hall–Kier alpha value is -1.24. The number of nitrogens with zero attached hydrogens (tertiary/aromatic N) is 1. The van der Waals surface area contributed by atoms with Gasteiger partial charge in [0.25, 0.3) is 0 Å². The molecule has 0 aliphatic carbocycles. The van der Waals surface area contributed by atoms with Gasteiger partial charge in [-0.15, -0.1) is 0 Å². The predicted molar refractivity (Wildman–Crippen MR) is 57.8 cm³/mol. The Morgan fingerprint density at radius 2 is 2.27 bits per heavy atom. The van der Waals surface area contributed by atoms with E-state index in [0.717, 1.165) is 0 Å². The van der Waals surface area contributed by atoms with Crippen LogP contribution in [0.1, 0.15) is 12.5 Å². The number of carbonyl (C=O) groups excluding carboxylic acids is 1. The van der Waals surface area contributed by atoms with E-state index in [4.69, 9.17) is 23.2 Å². The zero-order valence-corrected chi connectivity index (χ0v) is 9.39. The minimum Gasteiger partial charge on any atom is -0.456 e. The van der Waals surface area contributed by atoms with E-state index in [9.17, 15) is 4.79 Å². The number of esters is 1. The quantitative estimate of drug-likeness (QED) is 0.432. The Labute approximate surface area is 97.4 Å². The van der Waals surface area contributed by atoms with Crippen LogP contribution in [0.25, 0.3) is 0 Å². The number of hydrogen-bond donors (Lipinski definition) is 0. The topological polar surface area (TPSA) is 39.2 Å². The molecule has 0 aliphatic rings. The Bertz CT molecular complexity index is 435. The van der Waals surface area contributed by atoms with Crippen LogP contribution in [0.4, 0.5) is 0 Å². The molecule has 1 rings (SSSR count). The Balaban J connectivity index is 2.84. The molecule has 78 valence electrons. The molecular formula is C10H7Cl2NO2. The van der Waals surface area contributed by atoms with Crippen LogP contribution in [0.5, 0.6) is 0 Å². The Morgan fingerprint density at radius 1 is 1.53 bits per heavy atom. The highest BCUT2D eigenvalue weighted by Crippen LogP contribution is 2.15. The highest BCUT2D eigenvalue weighted by atomic mass is 35.5. The molecule has 15 heavy (non-hydrogen) atoms. The molecule has 0 N–H and O–H groups in total. The number of halogens is 2. The van der Waals surface area contributed by atoms with Crippen LogP contribution in [0.3, 0.4) is 0 Å². The van der Waals surface area contributed by atoms with Gasteiger partial charge < -0.3 is 4.74 Å². The maximum atomic E-state index is 10.9. The summed E-state index contributed by atoms with van der Waals surface area (Å²) in [7, 11) is 0. The standard InChI is InChI=1S/C10H7Cl2NO2/c1-2-15-9(14)6-4-7-3-5-8(11)13-10(7)12/h3,5H,2H2,1H3. The van der Waals surface area contributed by atoms with Crippen LogP contribution < -0.4 is 0 Å². The SMILES string of the molecule is CCOC(=O)C#Cc1ccc(Cl)nc1Cl. The first-order valence-electron chi connectivity index (χ1n) is 4.14. The fraction of sp³-hybridized carbons (Fsp3) is 0.200. The molecule has 0 bridgehead atoms. The first-order valence-corrected chi connectivity index (χ1v) is 4.90. The van der Waals surface area contributed by atoms with E-state index in [1.807, 2.05) is 0 Å². The fourth-order valence-corrected chi connectivity index (χ4v) is 1.18. The van der Waals surface area contributed by atoms with Crippen molar-refractivity contribution in [2.45, 2.75) is 6.92 Å². The number of rotatable bonds is 1. The first-order chi connectivity index (χ1) is 7.13. The Morgan fingerprint density at radius 3 is 2.87 bits per heavy atom.